The van der Waals surface area contributed by atoms with Gasteiger partial charge in [0.15, 0.2) is 0 Å². The highest BCUT2D eigenvalue weighted by Crippen LogP contribution is 2.15. The van der Waals surface area contributed by atoms with E-state index >= 15 is 0 Å². The Morgan fingerprint density at radius 1 is 1.35 bits per heavy atom. The first-order chi connectivity index (χ1) is 9.63. The summed E-state index contributed by atoms with van der Waals surface area (Å²) in [5, 5.41) is 14.2. The minimum atomic E-state index is -0.619. The molecule has 2 rings (SSSR count). The minimum absolute atomic E-state index is 0.117. The van der Waals surface area contributed by atoms with Gasteiger partial charge in [-0.25, -0.2) is 9.37 Å². The zero-order chi connectivity index (χ0) is 14.5. The molecule has 0 unspecified atom stereocenters. The Balaban J connectivity index is 2.21. The van der Waals surface area contributed by atoms with Gasteiger partial charge in [-0.05, 0) is 30.3 Å². The standard InChI is InChI=1S/C14H11FN4O/c1-17-13-7-9(4-5-18-13)14(20)19-11-2-3-12(15)10(6-11)8-16/h2-7H,1H3,(H,17,18)(H,19,20). The summed E-state index contributed by atoms with van der Waals surface area (Å²) in [5.74, 6) is -0.416. The van der Waals surface area contributed by atoms with Crippen molar-refractivity contribution >= 4 is 17.4 Å². The van der Waals surface area contributed by atoms with Gasteiger partial charge in [-0.3, -0.25) is 4.79 Å². The monoisotopic (exact) mass is 270 g/mol. The molecule has 0 saturated heterocycles. The normalized spacial score (nSPS) is 9.65. The van der Waals surface area contributed by atoms with Crippen LogP contribution in [-0.4, -0.2) is 17.9 Å². The van der Waals surface area contributed by atoms with Crippen molar-refractivity contribution in [1.82, 2.24) is 4.98 Å². The minimum Gasteiger partial charge on any atom is -0.373 e. The Morgan fingerprint density at radius 2 is 2.15 bits per heavy atom. The van der Waals surface area contributed by atoms with E-state index in [4.69, 9.17) is 5.26 Å². The fourth-order valence-corrected chi connectivity index (χ4v) is 1.60. The number of rotatable bonds is 3. The number of pyridine rings is 1. The van der Waals surface area contributed by atoms with E-state index in [9.17, 15) is 9.18 Å². The number of benzene rings is 1. The quantitative estimate of drug-likeness (QED) is 0.897. The third-order valence-electron chi connectivity index (χ3n) is 2.62. The van der Waals surface area contributed by atoms with E-state index in [-0.39, 0.29) is 11.5 Å². The van der Waals surface area contributed by atoms with Crippen LogP contribution >= 0.6 is 0 Å². The van der Waals surface area contributed by atoms with Gasteiger partial charge in [0.25, 0.3) is 5.91 Å². The van der Waals surface area contributed by atoms with E-state index in [0.29, 0.717) is 17.1 Å². The van der Waals surface area contributed by atoms with Crippen LogP contribution in [-0.2, 0) is 0 Å². The summed E-state index contributed by atoms with van der Waals surface area (Å²) >= 11 is 0. The lowest BCUT2D eigenvalue weighted by Crippen LogP contribution is -2.12. The van der Waals surface area contributed by atoms with Crippen LogP contribution in [0.3, 0.4) is 0 Å². The molecule has 0 fully saturated rings. The third-order valence-corrected chi connectivity index (χ3v) is 2.62. The highest BCUT2D eigenvalue weighted by atomic mass is 19.1. The molecule has 0 aliphatic heterocycles. The van der Waals surface area contributed by atoms with Gasteiger partial charge in [-0.15, -0.1) is 0 Å². The van der Waals surface area contributed by atoms with Crippen LogP contribution in [0.2, 0.25) is 0 Å². The molecule has 0 saturated carbocycles. The van der Waals surface area contributed by atoms with E-state index in [0.717, 1.165) is 6.07 Å². The Labute approximate surface area is 115 Å². The van der Waals surface area contributed by atoms with E-state index < -0.39 is 5.82 Å². The second kappa shape index (κ2) is 5.80. The third kappa shape index (κ3) is 2.90. The molecule has 0 bridgehead atoms. The van der Waals surface area contributed by atoms with Crippen LogP contribution in [0.5, 0.6) is 0 Å². The highest BCUT2D eigenvalue weighted by molar-refractivity contribution is 6.04. The van der Waals surface area contributed by atoms with Crippen molar-refractivity contribution in [2.24, 2.45) is 0 Å². The summed E-state index contributed by atoms with van der Waals surface area (Å²) in [4.78, 5) is 16.0. The van der Waals surface area contributed by atoms with E-state index in [1.54, 1.807) is 25.2 Å². The maximum absolute atomic E-state index is 13.2. The number of carbonyl (C=O) groups excluding carboxylic acids is 1. The number of hydrogen-bond acceptors (Lipinski definition) is 4. The van der Waals surface area contributed by atoms with Crippen LogP contribution in [0, 0.1) is 17.1 Å². The second-order valence-corrected chi connectivity index (χ2v) is 3.94. The number of anilines is 2. The molecule has 0 aliphatic rings. The van der Waals surface area contributed by atoms with Gasteiger partial charge < -0.3 is 10.6 Å². The topological polar surface area (TPSA) is 77.8 Å². The van der Waals surface area contributed by atoms with Crippen LogP contribution < -0.4 is 10.6 Å². The zero-order valence-electron chi connectivity index (χ0n) is 10.6. The first-order valence-electron chi connectivity index (χ1n) is 5.79. The molecule has 0 radical (unpaired) electrons. The van der Waals surface area contributed by atoms with Crippen molar-refractivity contribution < 1.29 is 9.18 Å². The van der Waals surface area contributed by atoms with Gasteiger partial charge in [-0.1, -0.05) is 0 Å². The summed E-state index contributed by atoms with van der Waals surface area (Å²) < 4.78 is 13.2. The molecule has 0 atom stereocenters. The number of hydrogen-bond donors (Lipinski definition) is 2. The summed E-state index contributed by atoms with van der Waals surface area (Å²) in [6, 6.07) is 8.69. The molecule has 100 valence electrons. The predicted octanol–water partition coefficient (Wildman–Crippen LogP) is 2.39. The molecular weight excluding hydrogens is 259 g/mol. The molecule has 20 heavy (non-hydrogen) atoms. The molecule has 1 aromatic carbocycles. The van der Waals surface area contributed by atoms with Crippen molar-refractivity contribution in [3.05, 3.63) is 53.5 Å². The number of nitriles is 1. The lowest BCUT2D eigenvalue weighted by atomic mass is 10.2. The van der Waals surface area contributed by atoms with E-state index in [1.165, 1.54) is 18.3 Å². The Morgan fingerprint density at radius 3 is 2.85 bits per heavy atom. The SMILES string of the molecule is CNc1cc(C(=O)Nc2ccc(F)c(C#N)c2)ccn1. The molecule has 5 nitrogen and oxygen atoms in total. The van der Waals surface area contributed by atoms with Crippen LogP contribution in [0.15, 0.2) is 36.5 Å². The van der Waals surface area contributed by atoms with E-state index in [1.807, 2.05) is 0 Å². The van der Waals surface area contributed by atoms with Gasteiger partial charge in [0.05, 0.1) is 5.56 Å². The Hall–Kier alpha value is -2.94. The first kappa shape index (κ1) is 13.5. The second-order valence-electron chi connectivity index (χ2n) is 3.94. The fraction of sp³-hybridized carbons (Fsp3) is 0.0714. The fourth-order valence-electron chi connectivity index (χ4n) is 1.60. The van der Waals surface area contributed by atoms with Crippen LogP contribution in [0.1, 0.15) is 15.9 Å². The average Bonchev–Trinajstić information content (AvgIpc) is 2.49. The molecule has 6 heteroatoms. The van der Waals surface area contributed by atoms with Gasteiger partial charge in [0, 0.05) is 24.5 Å². The van der Waals surface area contributed by atoms with Gasteiger partial charge in [-0.2, -0.15) is 5.26 Å². The number of nitrogens with zero attached hydrogens (tertiary/aromatic N) is 2. The Bertz CT molecular complexity index is 694. The Kier molecular flexibility index (Phi) is 3.91. The van der Waals surface area contributed by atoms with Crippen molar-refractivity contribution in [1.29, 1.82) is 5.26 Å². The molecule has 1 aromatic heterocycles. The number of halogens is 1. The molecule has 0 aliphatic carbocycles. The van der Waals surface area contributed by atoms with Crippen molar-refractivity contribution in [3.8, 4) is 6.07 Å². The molecule has 0 spiro atoms. The van der Waals surface area contributed by atoms with Crippen molar-refractivity contribution in [3.63, 3.8) is 0 Å². The lowest BCUT2D eigenvalue weighted by molar-refractivity contribution is 0.102. The van der Waals surface area contributed by atoms with Crippen LogP contribution in [0.25, 0.3) is 0 Å². The predicted molar refractivity (Wildman–Crippen MR) is 72.9 cm³/mol. The maximum Gasteiger partial charge on any atom is 0.255 e. The van der Waals surface area contributed by atoms with Crippen LogP contribution in [0.4, 0.5) is 15.9 Å². The molecular formula is C14H11FN4O. The maximum atomic E-state index is 13.2. The zero-order valence-corrected chi connectivity index (χ0v) is 10.6. The van der Waals surface area contributed by atoms with Gasteiger partial charge in [0.1, 0.15) is 17.7 Å². The lowest BCUT2D eigenvalue weighted by Gasteiger charge is -2.07. The number of carbonyl (C=O) groups is 1. The molecule has 2 aromatic rings. The van der Waals surface area contributed by atoms with Gasteiger partial charge in [0.2, 0.25) is 0 Å². The number of nitrogens with one attached hydrogen (secondary N) is 2. The van der Waals surface area contributed by atoms with Crippen molar-refractivity contribution in [2.45, 2.75) is 0 Å². The first-order valence-corrected chi connectivity index (χ1v) is 5.79. The number of amides is 1. The van der Waals surface area contributed by atoms with Gasteiger partial charge >= 0.3 is 0 Å². The summed E-state index contributed by atoms with van der Waals surface area (Å²) in [6.07, 6.45) is 1.51. The summed E-state index contributed by atoms with van der Waals surface area (Å²) in [7, 11) is 1.70. The molecule has 2 N–H and O–H groups in total. The number of aromatic nitrogens is 1. The smallest absolute Gasteiger partial charge is 0.255 e. The van der Waals surface area contributed by atoms with Crippen molar-refractivity contribution in [2.75, 3.05) is 17.7 Å². The highest BCUT2D eigenvalue weighted by Gasteiger charge is 2.09. The largest absolute Gasteiger partial charge is 0.373 e. The summed E-state index contributed by atoms with van der Waals surface area (Å²) in [6.45, 7) is 0. The summed E-state index contributed by atoms with van der Waals surface area (Å²) in [5.41, 5.74) is 0.649. The average molecular weight is 270 g/mol. The molecule has 1 amide bonds. The van der Waals surface area contributed by atoms with E-state index in [2.05, 4.69) is 15.6 Å². The molecule has 1 heterocycles.